The molecule has 0 fully saturated rings. The van der Waals surface area contributed by atoms with Crippen molar-refractivity contribution >= 4 is 40.0 Å². The third kappa shape index (κ3) is 5.65. The Labute approximate surface area is 169 Å². The lowest BCUT2D eigenvalue weighted by atomic mass is 10.1. The van der Waals surface area contributed by atoms with Crippen LogP contribution in [0.3, 0.4) is 0 Å². The quantitative estimate of drug-likeness (QED) is 0.521. The lowest BCUT2D eigenvalue weighted by Gasteiger charge is -2.16. The molecule has 0 aliphatic carbocycles. The van der Waals surface area contributed by atoms with Crippen LogP contribution in [0.4, 0.5) is 0 Å². The number of amides is 1. The minimum atomic E-state index is -0.544. The Balaban J connectivity index is 1.43. The number of hydrogen-bond donors (Lipinski definition) is 1. The van der Waals surface area contributed by atoms with Gasteiger partial charge in [-0.05, 0) is 36.1 Å². The summed E-state index contributed by atoms with van der Waals surface area (Å²) in [6.07, 6.45) is -0.544. The predicted molar refractivity (Wildman–Crippen MR) is 115 cm³/mol. The third-order valence-electron chi connectivity index (χ3n) is 4.15. The van der Waals surface area contributed by atoms with E-state index < -0.39 is 6.10 Å². The SMILES string of the molecule is C[C@H](Oc1cccc2ccccc12)C(=O)NCCSCc1ccc(Cl)cc1. The van der Waals surface area contributed by atoms with E-state index >= 15 is 0 Å². The van der Waals surface area contributed by atoms with Crippen molar-refractivity contribution in [2.24, 2.45) is 0 Å². The number of hydrogen-bond acceptors (Lipinski definition) is 3. The molecule has 3 aromatic carbocycles. The minimum Gasteiger partial charge on any atom is -0.480 e. The van der Waals surface area contributed by atoms with Crippen LogP contribution >= 0.6 is 23.4 Å². The molecule has 1 amide bonds. The van der Waals surface area contributed by atoms with Gasteiger partial charge in [-0.1, -0.05) is 60.1 Å². The topological polar surface area (TPSA) is 38.3 Å². The largest absolute Gasteiger partial charge is 0.480 e. The van der Waals surface area contributed by atoms with Gasteiger partial charge in [0, 0.05) is 28.5 Å². The molecule has 1 N–H and O–H groups in total. The second-order valence-electron chi connectivity index (χ2n) is 6.21. The van der Waals surface area contributed by atoms with Crippen molar-refractivity contribution in [1.29, 1.82) is 0 Å². The third-order valence-corrected chi connectivity index (χ3v) is 5.43. The van der Waals surface area contributed by atoms with Crippen molar-refractivity contribution in [3.8, 4) is 5.75 Å². The molecule has 3 nitrogen and oxygen atoms in total. The van der Waals surface area contributed by atoms with Gasteiger partial charge in [-0.15, -0.1) is 0 Å². The number of rotatable bonds is 8. The van der Waals surface area contributed by atoms with Gasteiger partial charge in [0.05, 0.1) is 0 Å². The summed E-state index contributed by atoms with van der Waals surface area (Å²) < 4.78 is 5.90. The number of ether oxygens (including phenoxy) is 1. The van der Waals surface area contributed by atoms with Crippen LogP contribution in [0.5, 0.6) is 5.75 Å². The van der Waals surface area contributed by atoms with E-state index in [1.54, 1.807) is 18.7 Å². The first-order valence-corrected chi connectivity index (χ1v) is 10.4. The first-order valence-electron chi connectivity index (χ1n) is 8.88. The molecule has 0 bridgehead atoms. The molecule has 0 saturated heterocycles. The molecule has 0 aromatic heterocycles. The van der Waals surface area contributed by atoms with Gasteiger partial charge < -0.3 is 10.1 Å². The summed E-state index contributed by atoms with van der Waals surface area (Å²) in [5.74, 6) is 2.37. The number of carbonyl (C=O) groups is 1. The van der Waals surface area contributed by atoms with Gasteiger partial charge in [0.25, 0.3) is 5.91 Å². The zero-order valence-electron chi connectivity index (χ0n) is 15.2. The van der Waals surface area contributed by atoms with Crippen molar-refractivity contribution in [3.05, 3.63) is 77.3 Å². The number of carbonyl (C=O) groups excluding carboxylic acids is 1. The van der Waals surface area contributed by atoms with Crippen LogP contribution < -0.4 is 10.1 Å². The summed E-state index contributed by atoms with van der Waals surface area (Å²) in [4.78, 5) is 12.3. The van der Waals surface area contributed by atoms with Gasteiger partial charge in [-0.3, -0.25) is 4.79 Å². The van der Waals surface area contributed by atoms with Gasteiger partial charge in [-0.2, -0.15) is 11.8 Å². The second kappa shape index (κ2) is 9.67. The van der Waals surface area contributed by atoms with Crippen molar-refractivity contribution in [2.75, 3.05) is 12.3 Å². The molecule has 0 aliphatic rings. The maximum Gasteiger partial charge on any atom is 0.260 e. The average Bonchev–Trinajstić information content (AvgIpc) is 2.69. The normalized spacial score (nSPS) is 11.9. The van der Waals surface area contributed by atoms with E-state index in [4.69, 9.17) is 16.3 Å². The van der Waals surface area contributed by atoms with Crippen molar-refractivity contribution in [1.82, 2.24) is 5.32 Å². The lowest BCUT2D eigenvalue weighted by Crippen LogP contribution is -2.37. The molecule has 3 aromatic rings. The highest BCUT2D eigenvalue weighted by Crippen LogP contribution is 2.26. The highest BCUT2D eigenvalue weighted by Gasteiger charge is 2.15. The number of fused-ring (bicyclic) bond motifs is 1. The van der Waals surface area contributed by atoms with Gasteiger partial charge in [0.15, 0.2) is 6.10 Å². The molecule has 5 heteroatoms. The van der Waals surface area contributed by atoms with Crippen molar-refractivity contribution in [3.63, 3.8) is 0 Å². The zero-order valence-corrected chi connectivity index (χ0v) is 16.7. The summed E-state index contributed by atoms with van der Waals surface area (Å²) in [6, 6.07) is 21.7. The molecule has 27 heavy (non-hydrogen) atoms. The van der Waals surface area contributed by atoms with Crippen molar-refractivity contribution in [2.45, 2.75) is 18.8 Å². The number of halogens is 1. The van der Waals surface area contributed by atoms with E-state index in [1.165, 1.54) is 5.56 Å². The molecule has 140 valence electrons. The second-order valence-corrected chi connectivity index (χ2v) is 7.75. The van der Waals surface area contributed by atoms with Crippen LogP contribution in [-0.4, -0.2) is 24.3 Å². The van der Waals surface area contributed by atoms with Crippen LogP contribution in [0.15, 0.2) is 66.7 Å². The van der Waals surface area contributed by atoms with E-state index in [0.717, 1.165) is 33.1 Å². The van der Waals surface area contributed by atoms with E-state index in [9.17, 15) is 4.79 Å². The smallest absolute Gasteiger partial charge is 0.260 e. The molecule has 1 atom stereocenters. The summed E-state index contributed by atoms with van der Waals surface area (Å²) in [5, 5.41) is 5.80. The maximum absolute atomic E-state index is 12.3. The van der Waals surface area contributed by atoms with E-state index in [0.29, 0.717) is 6.54 Å². The Hall–Kier alpha value is -2.17. The number of nitrogens with one attached hydrogen (secondary N) is 1. The predicted octanol–water partition coefficient (Wildman–Crippen LogP) is 5.31. The molecule has 0 aliphatic heterocycles. The van der Waals surface area contributed by atoms with E-state index in [-0.39, 0.29) is 5.91 Å². The molecule has 0 heterocycles. The molecular weight excluding hydrogens is 378 g/mol. The summed E-state index contributed by atoms with van der Waals surface area (Å²) in [5.41, 5.74) is 1.23. The molecule has 0 saturated carbocycles. The fourth-order valence-electron chi connectivity index (χ4n) is 2.70. The first kappa shape index (κ1) is 19.6. The van der Waals surface area contributed by atoms with Gasteiger partial charge in [0.1, 0.15) is 5.75 Å². The van der Waals surface area contributed by atoms with E-state index in [1.807, 2.05) is 66.7 Å². The van der Waals surface area contributed by atoms with Crippen LogP contribution in [0.2, 0.25) is 5.02 Å². The fourth-order valence-corrected chi connectivity index (χ4v) is 3.65. The monoisotopic (exact) mass is 399 g/mol. The van der Waals surface area contributed by atoms with Gasteiger partial charge in [-0.25, -0.2) is 0 Å². The first-order chi connectivity index (χ1) is 13.1. The minimum absolute atomic E-state index is 0.102. The van der Waals surface area contributed by atoms with Crippen molar-refractivity contribution < 1.29 is 9.53 Å². The van der Waals surface area contributed by atoms with Crippen LogP contribution in [0, 0.1) is 0 Å². The lowest BCUT2D eigenvalue weighted by molar-refractivity contribution is -0.127. The maximum atomic E-state index is 12.3. The standard InChI is InChI=1S/C22H22ClNO2S/c1-16(26-21-8-4-6-18-5-2-3-7-20(18)21)22(25)24-13-14-27-15-17-9-11-19(23)12-10-17/h2-12,16H,13-15H2,1H3,(H,24,25)/t16-/m0/s1. The van der Waals surface area contributed by atoms with Gasteiger partial charge in [0.2, 0.25) is 0 Å². The Morgan fingerprint density at radius 2 is 1.81 bits per heavy atom. The van der Waals surface area contributed by atoms with E-state index in [2.05, 4.69) is 5.32 Å². The summed E-state index contributed by atoms with van der Waals surface area (Å²) in [6.45, 7) is 2.39. The molecule has 3 rings (SSSR count). The summed E-state index contributed by atoms with van der Waals surface area (Å²) in [7, 11) is 0. The Morgan fingerprint density at radius 1 is 1.07 bits per heavy atom. The highest BCUT2D eigenvalue weighted by atomic mass is 35.5. The van der Waals surface area contributed by atoms with Gasteiger partial charge >= 0.3 is 0 Å². The Morgan fingerprint density at radius 3 is 2.63 bits per heavy atom. The highest BCUT2D eigenvalue weighted by molar-refractivity contribution is 7.98. The molecule has 0 radical (unpaired) electrons. The fraction of sp³-hybridized carbons (Fsp3) is 0.227. The summed E-state index contributed by atoms with van der Waals surface area (Å²) >= 11 is 7.66. The average molecular weight is 400 g/mol. The Kier molecular flexibility index (Phi) is 7.02. The zero-order chi connectivity index (χ0) is 19.1. The number of benzene rings is 3. The van der Waals surface area contributed by atoms with Crippen LogP contribution in [0.25, 0.3) is 10.8 Å². The van der Waals surface area contributed by atoms with Crippen LogP contribution in [-0.2, 0) is 10.5 Å². The Bertz CT molecular complexity index is 893. The molecule has 0 unspecified atom stereocenters. The van der Waals surface area contributed by atoms with Crippen LogP contribution in [0.1, 0.15) is 12.5 Å². The number of thioether (sulfide) groups is 1. The molecular formula is C22H22ClNO2S. The molecule has 0 spiro atoms.